The van der Waals surface area contributed by atoms with E-state index in [-0.39, 0.29) is 0 Å². The highest BCUT2D eigenvalue weighted by Crippen LogP contribution is 2.29. The molecule has 0 radical (unpaired) electrons. The van der Waals surface area contributed by atoms with Crippen LogP contribution in [0.4, 0.5) is 10.5 Å². The third kappa shape index (κ3) is 6.63. The number of ether oxygens (including phenoxy) is 2. The number of halogens is 3. The largest absolute Gasteiger partial charge is 0.493 e. The number of hydrogen-bond donors (Lipinski definition) is 2. The average molecular weight is 537 g/mol. The fourth-order valence-corrected chi connectivity index (χ4v) is 3.29. The predicted octanol–water partition coefficient (Wildman–Crippen LogP) is 6.81. The Hall–Kier alpha value is -2.74. The second-order valence-corrected chi connectivity index (χ2v) is 8.40. The molecular formula is C23H20BrCl2N3O3. The van der Waals surface area contributed by atoms with Gasteiger partial charge in [-0.2, -0.15) is 5.10 Å². The van der Waals surface area contributed by atoms with E-state index in [0.717, 1.165) is 21.2 Å². The van der Waals surface area contributed by atoms with Crippen LogP contribution in [0.1, 0.15) is 16.7 Å². The Kier molecular flexibility index (Phi) is 8.39. The summed E-state index contributed by atoms with van der Waals surface area (Å²) in [6.07, 6.45) is 1.51. The molecule has 0 spiro atoms. The summed E-state index contributed by atoms with van der Waals surface area (Å²) in [7, 11) is 1.55. The second-order valence-electron chi connectivity index (χ2n) is 6.74. The van der Waals surface area contributed by atoms with Gasteiger partial charge in [0.1, 0.15) is 6.61 Å². The molecule has 32 heavy (non-hydrogen) atoms. The molecule has 3 rings (SSSR count). The van der Waals surface area contributed by atoms with Gasteiger partial charge in [0.05, 0.1) is 23.4 Å². The van der Waals surface area contributed by atoms with Gasteiger partial charge in [-0.15, -0.1) is 0 Å². The zero-order valence-corrected chi connectivity index (χ0v) is 20.4. The molecule has 3 aromatic rings. The van der Waals surface area contributed by atoms with Gasteiger partial charge in [0.15, 0.2) is 11.5 Å². The lowest BCUT2D eigenvalue weighted by Gasteiger charge is -2.12. The van der Waals surface area contributed by atoms with Crippen molar-refractivity contribution in [1.29, 1.82) is 0 Å². The van der Waals surface area contributed by atoms with Crippen molar-refractivity contribution in [2.75, 3.05) is 12.4 Å². The maximum absolute atomic E-state index is 12.0. The number of hydrazone groups is 1. The van der Waals surface area contributed by atoms with Crippen LogP contribution in [-0.2, 0) is 6.61 Å². The Labute approximate surface area is 204 Å². The summed E-state index contributed by atoms with van der Waals surface area (Å²) >= 11 is 15.4. The van der Waals surface area contributed by atoms with Crippen LogP contribution in [0.5, 0.6) is 11.5 Å². The zero-order valence-electron chi connectivity index (χ0n) is 17.3. The van der Waals surface area contributed by atoms with E-state index >= 15 is 0 Å². The first-order valence-corrected chi connectivity index (χ1v) is 11.0. The molecule has 0 atom stereocenters. The molecule has 0 unspecified atom stereocenters. The van der Waals surface area contributed by atoms with Gasteiger partial charge in [-0.3, -0.25) is 0 Å². The van der Waals surface area contributed by atoms with Gasteiger partial charge in [-0.05, 0) is 72.1 Å². The molecule has 0 bridgehead atoms. The Balaban J connectivity index is 1.58. The number of nitrogens with zero attached hydrogens (tertiary/aromatic N) is 1. The number of urea groups is 1. The van der Waals surface area contributed by atoms with Crippen molar-refractivity contribution in [1.82, 2.24) is 5.43 Å². The predicted molar refractivity (Wildman–Crippen MR) is 132 cm³/mol. The van der Waals surface area contributed by atoms with Crippen LogP contribution in [-0.4, -0.2) is 19.4 Å². The van der Waals surface area contributed by atoms with E-state index < -0.39 is 6.03 Å². The van der Waals surface area contributed by atoms with E-state index in [1.165, 1.54) is 6.21 Å². The molecule has 0 saturated heterocycles. The normalized spacial score (nSPS) is 10.8. The highest BCUT2D eigenvalue weighted by molar-refractivity contribution is 9.10. The van der Waals surface area contributed by atoms with Crippen LogP contribution in [0, 0.1) is 6.92 Å². The van der Waals surface area contributed by atoms with Gasteiger partial charge in [0.2, 0.25) is 0 Å². The number of anilines is 1. The summed E-state index contributed by atoms with van der Waals surface area (Å²) in [4.78, 5) is 12.0. The Morgan fingerprint density at radius 3 is 2.59 bits per heavy atom. The smallest absolute Gasteiger partial charge is 0.339 e. The molecule has 0 heterocycles. The number of carbonyl (C=O) groups is 1. The van der Waals surface area contributed by atoms with Crippen LogP contribution in [0.3, 0.4) is 0 Å². The first-order chi connectivity index (χ1) is 15.4. The third-order valence-corrected chi connectivity index (χ3v) is 5.99. The highest BCUT2D eigenvalue weighted by Gasteiger charge is 2.07. The first kappa shape index (κ1) is 23.9. The minimum Gasteiger partial charge on any atom is -0.493 e. The average Bonchev–Trinajstić information content (AvgIpc) is 2.77. The summed E-state index contributed by atoms with van der Waals surface area (Å²) in [6.45, 7) is 2.24. The molecule has 0 aliphatic rings. The Morgan fingerprint density at radius 1 is 1.06 bits per heavy atom. The highest BCUT2D eigenvalue weighted by atomic mass is 79.9. The SMILES string of the molecule is COc1cc(/C=N/NC(=O)Nc2ccc(Br)c(C)c2)ccc1OCc1ccc(Cl)c(Cl)c1. The van der Waals surface area contributed by atoms with Crippen molar-refractivity contribution >= 4 is 57.1 Å². The number of benzene rings is 3. The van der Waals surface area contributed by atoms with E-state index in [4.69, 9.17) is 32.7 Å². The van der Waals surface area contributed by atoms with Gasteiger partial charge < -0.3 is 14.8 Å². The molecule has 9 heteroatoms. The second kappa shape index (κ2) is 11.2. The molecule has 2 amide bonds. The molecule has 166 valence electrons. The monoisotopic (exact) mass is 535 g/mol. The molecule has 2 N–H and O–H groups in total. The van der Waals surface area contributed by atoms with Crippen molar-refractivity contribution < 1.29 is 14.3 Å². The van der Waals surface area contributed by atoms with Gasteiger partial charge in [0.25, 0.3) is 0 Å². The summed E-state index contributed by atoms with van der Waals surface area (Å²) in [6, 6.07) is 15.7. The van der Waals surface area contributed by atoms with Crippen molar-refractivity contribution in [2.24, 2.45) is 5.10 Å². The molecule has 0 fully saturated rings. The summed E-state index contributed by atoms with van der Waals surface area (Å²) in [5.74, 6) is 1.09. The molecule has 6 nitrogen and oxygen atoms in total. The summed E-state index contributed by atoms with van der Waals surface area (Å²) < 4.78 is 12.2. The first-order valence-electron chi connectivity index (χ1n) is 9.46. The number of carbonyl (C=O) groups excluding carboxylic acids is 1. The van der Waals surface area contributed by atoms with Crippen molar-refractivity contribution in [3.63, 3.8) is 0 Å². The standard InChI is InChI=1S/C23H20BrCl2N3O3/c1-14-9-17(5-6-18(14)24)28-23(30)29-27-12-15-4-8-21(22(11-15)31-2)32-13-16-3-7-19(25)20(26)10-16/h3-12H,13H2,1-2H3,(H2,28,29,30)/b27-12+. The number of amides is 2. The zero-order chi connectivity index (χ0) is 23.1. The van der Waals surface area contributed by atoms with Gasteiger partial charge in [-0.25, -0.2) is 10.2 Å². The Morgan fingerprint density at radius 2 is 1.88 bits per heavy atom. The van der Waals surface area contributed by atoms with E-state index in [1.54, 1.807) is 43.5 Å². The number of methoxy groups -OCH3 is 1. The van der Waals surface area contributed by atoms with Crippen LogP contribution >= 0.6 is 39.1 Å². The fraction of sp³-hybridized carbons (Fsp3) is 0.130. The number of nitrogens with one attached hydrogen (secondary N) is 2. The number of rotatable bonds is 7. The van der Waals surface area contributed by atoms with Gasteiger partial charge in [-0.1, -0.05) is 45.2 Å². The fourth-order valence-electron chi connectivity index (χ4n) is 2.72. The van der Waals surface area contributed by atoms with Crippen LogP contribution in [0.25, 0.3) is 0 Å². The lowest BCUT2D eigenvalue weighted by Crippen LogP contribution is -2.24. The summed E-state index contributed by atoms with van der Waals surface area (Å²) in [5, 5.41) is 7.66. The molecule has 3 aromatic carbocycles. The lowest BCUT2D eigenvalue weighted by molar-refractivity contribution is 0.252. The van der Waals surface area contributed by atoms with Crippen molar-refractivity contribution in [3.8, 4) is 11.5 Å². The number of hydrogen-bond acceptors (Lipinski definition) is 4. The van der Waals surface area contributed by atoms with Crippen LogP contribution in [0.15, 0.2) is 64.2 Å². The molecule has 0 aromatic heterocycles. The minimum absolute atomic E-state index is 0.304. The van der Waals surface area contributed by atoms with Crippen LogP contribution in [0.2, 0.25) is 10.0 Å². The lowest BCUT2D eigenvalue weighted by atomic mass is 10.2. The third-order valence-electron chi connectivity index (χ3n) is 4.36. The maximum Gasteiger partial charge on any atom is 0.339 e. The van der Waals surface area contributed by atoms with Gasteiger partial charge >= 0.3 is 6.03 Å². The van der Waals surface area contributed by atoms with E-state index in [0.29, 0.717) is 33.8 Å². The molecule has 0 aliphatic carbocycles. The molecule has 0 aliphatic heterocycles. The maximum atomic E-state index is 12.0. The van der Waals surface area contributed by atoms with Crippen molar-refractivity contribution in [3.05, 3.63) is 85.8 Å². The van der Waals surface area contributed by atoms with E-state index in [9.17, 15) is 4.79 Å². The topological polar surface area (TPSA) is 72.0 Å². The quantitative estimate of drug-likeness (QED) is 0.257. The number of aryl methyl sites for hydroxylation is 1. The Bertz CT molecular complexity index is 1160. The van der Waals surface area contributed by atoms with E-state index in [1.807, 2.05) is 25.1 Å². The minimum atomic E-state index is -0.448. The van der Waals surface area contributed by atoms with Crippen LogP contribution < -0.4 is 20.2 Å². The van der Waals surface area contributed by atoms with E-state index in [2.05, 4.69) is 31.8 Å². The van der Waals surface area contributed by atoms with Crippen molar-refractivity contribution in [2.45, 2.75) is 13.5 Å². The summed E-state index contributed by atoms with van der Waals surface area (Å²) in [5.41, 5.74) is 5.72. The molecule has 0 saturated carbocycles. The molecular weight excluding hydrogens is 517 g/mol. The van der Waals surface area contributed by atoms with Gasteiger partial charge in [0, 0.05) is 10.2 Å².